The molecule has 0 saturated carbocycles. The third kappa shape index (κ3) is 5.03. The van der Waals surface area contributed by atoms with E-state index in [0.29, 0.717) is 6.42 Å². The van der Waals surface area contributed by atoms with Gasteiger partial charge in [0.25, 0.3) is 0 Å². The number of benzene rings is 1. The fraction of sp³-hybridized carbons (Fsp3) is 0.500. The number of esters is 1. The Morgan fingerprint density at radius 1 is 1.20 bits per heavy atom. The van der Waals surface area contributed by atoms with Gasteiger partial charge >= 0.3 is 11.9 Å². The topological polar surface area (TPSA) is 63.6 Å². The van der Waals surface area contributed by atoms with Crippen molar-refractivity contribution in [3.05, 3.63) is 35.9 Å². The van der Waals surface area contributed by atoms with Crippen molar-refractivity contribution in [1.82, 2.24) is 0 Å². The molecule has 0 spiro atoms. The summed E-state index contributed by atoms with van der Waals surface area (Å²) in [5, 5.41) is 9.18. The largest absolute Gasteiger partial charge is 0.481 e. The van der Waals surface area contributed by atoms with Crippen molar-refractivity contribution in [2.75, 3.05) is 6.61 Å². The van der Waals surface area contributed by atoms with E-state index in [9.17, 15) is 14.7 Å². The van der Waals surface area contributed by atoms with Crippen LogP contribution in [0.25, 0.3) is 0 Å². The van der Waals surface area contributed by atoms with Gasteiger partial charge in [0.05, 0.1) is 6.61 Å². The van der Waals surface area contributed by atoms with Crippen LogP contribution in [0.15, 0.2) is 30.3 Å². The lowest BCUT2D eigenvalue weighted by Crippen LogP contribution is -2.28. The maximum Gasteiger partial charge on any atom is 0.320 e. The summed E-state index contributed by atoms with van der Waals surface area (Å²) in [7, 11) is 0. The standard InChI is InChI=1S/C16H22O4/c1-3-12(10-13-8-6-5-7-9-13)11-14(15(17)18)16(19)20-4-2/h5-9,12,14H,3-4,10-11H2,1-2H3,(H,17,18). The number of rotatable bonds is 8. The van der Waals surface area contributed by atoms with E-state index in [1.54, 1.807) is 6.92 Å². The molecule has 1 aromatic carbocycles. The van der Waals surface area contributed by atoms with Gasteiger partial charge < -0.3 is 9.84 Å². The lowest BCUT2D eigenvalue weighted by molar-refractivity contribution is -0.159. The van der Waals surface area contributed by atoms with Crippen molar-refractivity contribution in [3.63, 3.8) is 0 Å². The number of hydrogen-bond acceptors (Lipinski definition) is 3. The van der Waals surface area contributed by atoms with Gasteiger partial charge in [0.15, 0.2) is 5.92 Å². The lowest BCUT2D eigenvalue weighted by atomic mass is 9.87. The van der Waals surface area contributed by atoms with E-state index in [4.69, 9.17) is 4.74 Å². The lowest BCUT2D eigenvalue weighted by Gasteiger charge is -2.19. The van der Waals surface area contributed by atoms with E-state index in [1.807, 2.05) is 37.3 Å². The van der Waals surface area contributed by atoms with E-state index < -0.39 is 17.9 Å². The number of carbonyl (C=O) groups is 2. The highest BCUT2D eigenvalue weighted by Crippen LogP contribution is 2.22. The van der Waals surface area contributed by atoms with Crippen molar-refractivity contribution < 1.29 is 19.4 Å². The van der Waals surface area contributed by atoms with Crippen LogP contribution in [0.1, 0.15) is 32.3 Å². The minimum atomic E-state index is -1.10. The Bertz CT molecular complexity index is 427. The predicted octanol–water partition coefficient (Wildman–Crippen LogP) is 2.91. The molecule has 0 saturated heterocycles. The fourth-order valence-corrected chi connectivity index (χ4v) is 2.22. The number of carbonyl (C=O) groups excluding carboxylic acids is 1. The van der Waals surface area contributed by atoms with E-state index in [0.717, 1.165) is 18.4 Å². The van der Waals surface area contributed by atoms with Crippen LogP contribution >= 0.6 is 0 Å². The number of hydrogen-bond donors (Lipinski definition) is 1. The molecule has 20 heavy (non-hydrogen) atoms. The third-order valence-corrected chi connectivity index (χ3v) is 3.38. The van der Waals surface area contributed by atoms with E-state index in [1.165, 1.54) is 0 Å². The maximum atomic E-state index is 11.7. The normalized spacial score (nSPS) is 13.5. The highest BCUT2D eigenvalue weighted by molar-refractivity contribution is 5.93. The molecule has 0 aliphatic heterocycles. The van der Waals surface area contributed by atoms with Crippen LogP contribution in [0.5, 0.6) is 0 Å². The Balaban J connectivity index is 2.69. The van der Waals surface area contributed by atoms with E-state index in [-0.39, 0.29) is 12.5 Å². The monoisotopic (exact) mass is 278 g/mol. The smallest absolute Gasteiger partial charge is 0.320 e. The molecule has 0 radical (unpaired) electrons. The molecule has 0 bridgehead atoms. The Morgan fingerprint density at radius 2 is 1.85 bits per heavy atom. The predicted molar refractivity (Wildman–Crippen MR) is 76.3 cm³/mol. The molecule has 0 heterocycles. The summed E-state index contributed by atoms with van der Waals surface area (Å²) in [5.41, 5.74) is 1.16. The number of carboxylic acids is 1. The van der Waals surface area contributed by atoms with Gasteiger partial charge in [0, 0.05) is 0 Å². The van der Waals surface area contributed by atoms with E-state index in [2.05, 4.69) is 0 Å². The number of aliphatic carboxylic acids is 1. The number of carboxylic acid groups (broad SMARTS) is 1. The van der Waals surface area contributed by atoms with Crippen molar-refractivity contribution in [2.24, 2.45) is 11.8 Å². The van der Waals surface area contributed by atoms with Gasteiger partial charge in [-0.25, -0.2) is 0 Å². The zero-order chi connectivity index (χ0) is 15.0. The minimum absolute atomic E-state index is 0.155. The molecule has 110 valence electrons. The first kappa shape index (κ1) is 16.2. The molecule has 2 unspecified atom stereocenters. The second kappa shape index (κ2) is 8.35. The van der Waals surface area contributed by atoms with Gasteiger partial charge in [-0.2, -0.15) is 0 Å². The van der Waals surface area contributed by atoms with Crippen LogP contribution in [0.2, 0.25) is 0 Å². The van der Waals surface area contributed by atoms with Crippen LogP contribution in [0, 0.1) is 11.8 Å². The highest BCUT2D eigenvalue weighted by atomic mass is 16.5. The van der Waals surface area contributed by atoms with Crippen LogP contribution in [-0.4, -0.2) is 23.7 Å². The van der Waals surface area contributed by atoms with Gasteiger partial charge in [-0.15, -0.1) is 0 Å². The molecular formula is C16H22O4. The molecule has 0 amide bonds. The highest BCUT2D eigenvalue weighted by Gasteiger charge is 2.30. The van der Waals surface area contributed by atoms with Crippen LogP contribution < -0.4 is 0 Å². The number of ether oxygens (including phenoxy) is 1. The van der Waals surface area contributed by atoms with Gasteiger partial charge in [-0.1, -0.05) is 43.7 Å². The molecule has 0 aliphatic carbocycles. The average Bonchev–Trinajstić information content (AvgIpc) is 2.44. The van der Waals surface area contributed by atoms with Crippen LogP contribution in [-0.2, 0) is 20.7 Å². The van der Waals surface area contributed by atoms with Gasteiger partial charge in [0.1, 0.15) is 0 Å². The SMILES string of the molecule is CCOC(=O)C(CC(CC)Cc1ccccc1)C(=O)O. The van der Waals surface area contributed by atoms with E-state index >= 15 is 0 Å². The van der Waals surface area contributed by atoms with Crippen LogP contribution in [0.4, 0.5) is 0 Å². The fourth-order valence-electron chi connectivity index (χ4n) is 2.22. The molecule has 2 atom stereocenters. The molecule has 1 N–H and O–H groups in total. The second-order valence-corrected chi connectivity index (χ2v) is 4.84. The first-order valence-corrected chi connectivity index (χ1v) is 7.01. The molecule has 0 aliphatic rings. The molecule has 4 nitrogen and oxygen atoms in total. The summed E-state index contributed by atoms with van der Waals surface area (Å²) in [6.07, 6.45) is 1.93. The van der Waals surface area contributed by atoms with Gasteiger partial charge in [-0.05, 0) is 31.2 Å². The average molecular weight is 278 g/mol. The third-order valence-electron chi connectivity index (χ3n) is 3.38. The summed E-state index contributed by atoms with van der Waals surface area (Å²) in [5.74, 6) is -2.65. The molecule has 0 fully saturated rings. The Morgan fingerprint density at radius 3 is 2.35 bits per heavy atom. The van der Waals surface area contributed by atoms with Crippen molar-refractivity contribution >= 4 is 11.9 Å². The Hall–Kier alpha value is -1.84. The van der Waals surface area contributed by atoms with Gasteiger partial charge in [-0.3, -0.25) is 9.59 Å². The first-order chi connectivity index (χ1) is 9.58. The van der Waals surface area contributed by atoms with Crippen LogP contribution in [0.3, 0.4) is 0 Å². The second-order valence-electron chi connectivity index (χ2n) is 4.84. The first-order valence-electron chi connectivity index (χ1n) is 7.01. The Kier molecular flexibility index (Phi) is 6.77. The summed E-state index contributed by atoms with van der Waals surface area (Å²) in [6.45, 7) is 3.90. The van der Waals surface area contributed by atoms with Crippen molar-refractivity contribution in [3.8, 4) is 0 Å². The molecule has 0 aromatic heterocycles. The summed E-state index contributed by atoms with van der Waals surface area (Å²) < 4.78 is 4.84. The summed E-state index contributed by atoms with van der Waals surface area (Å²) >= 11 is 0. The molecule has 1 rings (SSSR count). The quantitative estimate of drug-likeness (QED) is 0.586. The molecular weight excluding hydrogens is 256 g/mol. The zero-order valence-corrected chi connectivity index (χ0v) is 12.0. The van der Waals surface area contributed by atoms with Crippen molar-refractivity contribution in [1.29, 1.82) is 0 Å². The Labute approximate surface area is 119 Å². The maximum absolute atomic E-state index is 11.7. The summed E-state index contributed by atoms with van der Waals surface area (Å²) in [6, 6.07) is 9.90. The van der Waals surface area contributed by atoms with Gasteiger partial charge in [0.2, 0.25) is 0 Å². The molecule has 1 aromatic rings. The summed E-state index contributed by atoms with van der Waals surface area (Å²) in [4.78, 5) is 22.9. The minimum Gasteiger partial charge on any atom is -0.481 e. The van der Waals surface area contributed by atoms with Crippen molar-refractivity contribution in [2.45, 2.75) is 33.1 Å². The molecule has 4 heteroatoms. The zero-order valence-electron chi connectivity index (χ0n) is 12.0.